The van der Waals surface area contributed by atoms with Crippen molar-refractivity contribution in [2.24, 2.45) is 4.99 Å². The molecule has 0 bridgehead atoms. The summed E-state index contributed by atoms with van der Waals surface area (Å²) in [5.41, 5.74) is 14.9. The smallest absolute Gasteiger partial charge is 0.136 e. The Kier molecular flexibility index (Phi) is 8.02. The number of fused-ring (bicyclic) bond motifs is 9. The molecule has 0 amide bonds. The van der Waals surface area contributed by atoms with Gasteiger partial charge in [-0.3, -0.25) is 5.32 Å². The Morgan fingerprint density at radius 1 is 0.484 bits per heavy atom. The molecule has 2 aromatic heterocycles. The van der Waals surface area contributed by atoms with Gasteiger partial charge in [0.25, 0.3) is 0 Å². The van der Waals surface area contributed by atoms with Gasteiger partial charge < -0.3 is 14.3 Å². The van der Waals surface area contributed by atoms with Crippen LogP contribution in [0.2, 0.25) is 0 Å². The van der Waals surface area contributed by atoms with E-state index in [-0.39, 0.29) is 6.17 Å². The topological polar surface area (TPSA) is 54.5 Å². The normalized spacial score (nSPS) is 17.6. The van der Waals surface area contributed by atoms with Gasteiger partial charge in [0, 0.05) is 32.8 Å². The Hall–Kier alpha value is -7.99. The van der Waals surface area contributed by atoms with Crippen molar-refractivity contribution in [2.45, 2.75) is 24.2 Å². The van der Waals surface area contributed by atoms with E-state index in [1.807, 2.05) is 6.07 Å². The van der Waals surface area contributed by atoms with Gasteiger partial charge in [-0.05, 0) is 100.0 Å². The fourth-order valence-corrected chi connectivity index (χ4v) is 10.8. The molecule has 0 spiro atoms. The number of nitrogens with one attached hydrogen (secondary N) is 2. The van der Waals surface area contributed by atoms with Gasteiger partial charge in [-0.15, -0.1) is 0 Å². The van der Waals surface area contributed by atoms with E-state index in [4.69, 9.17) is 9.41 Å². The molecule has 2 aliphatic rings. The molecule has 0 saturated carbocycles. The minimum atomic E-state index is -0.564. The maximum absolute atomic E-state index is 6.52. The number of aromatic nitrogens is 1. The molecule has 304 valence electrons. The summed E-state index contributed by atoms with van der Waals surface area (Å²) in [6.45, 7) is 2.20. The van der Waals surface area contributed by atoms with Crippen molar-refractivity contribution in [1.82, 2.24) is 15.2 Å². The van der Waals surface area contributed by atoms with Crippen LogP contribution in [0, 0.1) is 0 Å². The second-order valence-corrected chi connectivity index (χ2v) is 17.3. The second kappa shape index (κ2) is 14.0. The van der Waals surface area contributed by atoms with Crippen molar-refractivity contribution in [1.29, 1.82) is 0 Å². The van der Waals surface area contributed by atoms with Crippen molar-refractivity contribution in [2.75, 3.05) is 0 Å². The minimum absolute atomic E-state index is 0.243. The van der Waals surface area contributed by atoms with E-state index in [9.17, 15) is 0 Å². The van der Waals surface area contributed by atoms with E-state index in [2.05, 4.69) is 234 Å². The Morgan fingerprint density at radius 3 is 1.81 bits per heavy atom. The Bertz CT molecular complexity index is 3580. The number of benzene rings is 9. The SMILES string of the molecule is CC1(c2ccccc2)NC(c2ccc(-n3c4cc(C5(c6ccccc6)c6ccccc6-c6ccccc65)ccc4c4cc5oc6ccccc6c5cc43)cc2)=NC(c2ccccc2)N1. The summed E-state index contributed by atoms with van der Waals surface area (Å²) in [6, 6.07) is 78.9. The zero-order valence-electron chi connectivity index (χ0n) is 35.2. The third kappa shape index (κ3) is 5.38. The van der Waals surface area contributed by atoms with Crippen LogP contribution < -0.4 is 10.6 Å². The molecule has 5 nitrogen and oxygen atoms in total. The van der Waals surface area contributed by atoms with Gasteiger partial charge >= 0.3 is 0 Å². The minimum Gasteiger partial charge on any atom is -0.456 e. The number of amidine groups is 1. The fraction of sp³-hybridized carbons (Fsp3) is 0.0678. The van der Waals surface area contributed by atoms with Crippen LogP contribution in [-0.4, -0.2) is 10.4 Å². The summed E-state index contributed by atoms with van der Waals surface area (Å²) >= 11 is 0. The first-order chi connectivity index (χ1) is 31.6. The lowest BCUT2D eigenvalue weighted by molar-refractivity contribution is 0.277. The molecular formula is C59H42N4O. The van der Waals surface area contributed by atoms with E-state index in [1.54, 1.807) is 0 Å². The van der Waals surface area contributed by atoms with E-state index >= 15 is 0 Å². The van der Waals surface area contributed by atoms with Crippen LogP contribution in [0.15, 0.2) is 228 Å². The number of hydrogen-bond acceptors (Lipinski definition) is 4. The molecular weight excluding hydrogens is 781 g/mol. The highest BCUT2D eigenvalue weighted by molar-refractivity contribution is 6.17. The molecule has 1 aliphatic carbocycles. The molecule has 9 aromatic carbocycles. The van der Waals surface area contributed by atoms with Crippen LogP contribution in [0.25, 0.3) is 60.6 Å². The molecule has 0 saturated heterocycles. The first kappa shape index (κ1) is 36.6. The lowest BCUT2D eigenvalue weighted by Gasteiger charge is -2.40. The first-order valence-corrected chi connectivity index (χ1v) is 22.1. The van der Waals surface area contributed by atoms with Gasteiger partial charge in [-0.25, -0.2) is 4.99 Å². The largest absolute Gasteiger partial charge is 0.456 e. The quantitative estimate of drug-likeness (QED) is 0.176. The Morgan fingerprint density at radius 2 is 1.09 bits per heavy atom. The van der Waals surface area contributed by atoms with Gasteiger partial charge in [-0.2, -0.15) is 0 Å². The molecule has 5 heteroatoms. The third-order valence-electron chi connectivity index (χ3n) is 13.8. The number of nitrogens with zero attached hydrogens (tertiary/aromatic N) is 2. The number of para-hydroxylation sites is 1. The Labute approximate surface area is 371 Å². The van der Waals surface area contributed by atoms with Crippen molar-refractivity contribution >= 4 is 49.6 Å². The van der Waals surface area contributed by atoms with Crippen molar-refractivity contribution in [3.63, 3.8) is 0 Å². The maximum atomic E-state index is 6.52. The van der Waals surface area contributed by atoms with Crippen molar-refractivity contribution in [3.8, 4) is 16.8 Å². The zero-order chi connectivity index (χ0) is 42.4. The van der Waals surface area contributed by atoms with Gasteiger partial charge in [0.1, 0.15) is 28.8 Å². The molecule has 1 aliphatic heterocycles. The molecule has 3 heterocycles. The standard InChI is InChI=1S/C59H42N4O/c1-58(40-19-7-3-8-20-40)61-56(38-17-5-2-6-18-38)60-57(62-58)39-29-32-43(33-30-39)63-52-35-42(31-34-46(52)48-37-55-49(36-53(48)63)47-25-13-16-28-54(47)64-55)59(41-21-9-4-10-22-41)50-26-14-11-23-44(50)45-24-12-15-27-51(45)59/h2-37,56,61H,1H3,(H,60,62). The van der Waals surface area contributed by atoms with E-state index in [0.717, 1.165) is 66.6 Å². The van der Waals surface area contributed by atoms with Gasteiger partial charge in [0.15, 0.2) is 0 Å². The van der Waals surface area contributed by atoms with Crippen LogP contribution in [0.4, 0.5) is 0 Å². The number of aliphatic imine (C=N–C) groups is 1. The molecule has 13 rings (SSSR count). The molecule has 2 N–H and O–H groups in total. The monoisotopic (exact) mass is 822 g/mol. The molecule has 0 radical (unpaired) electrons. The Balaban J connectivity index is 1.03. The molecule has 11 aromatic rings. The highest BCUT2D eigenvalue weighted by atomic mass is 16.3. The second-order valence-electron chi connectivity index (χ2n) is 17.3. The summed E-state index contributed by atoms with van der Waals surface area (Å²) in [6.07, 6.45) is -0.243. The molecule has 0 fully saturated rings. The first-order valence-electron chi connectivity index (χ1n) is 22.1. The molecule has 2 atom stereocenters. The highest BCUT2D eigenvalue weighted by Gasteiger charge is 2.46. The predicted molar refractivity (Wildman–Crippen MR) is 261 cm³/mol. The lowest BCUT2D eigenvalue weighted by atomic mass is 9.67. The predicted octanol–water partition coefficient (Wildman–Crippen LogP) is 13.6. The van der Waals surface area contributed by atoms with Crippen LogP contribution in [-0.2, 0) is 11.1 Å². The highest BCUT2D eigenvalue weighted by Crippen LogP contribution is 2.56. The van der Waals surface area contributed by atoms with Crippen LogP contribution >= 0.6 is 0 Å². The average Bonchev–Trinajstić information content (AvgIpc) is 3.99. The summed E-state index contributed by atoms with van der Waals surface area (Å²) < 4.78 is 8.97. The summed E-state index contributed by atoms with van der Waals surface area (Å²) in [7, 11) is 0. The fourth-order valence-electron chi connectivity index (χ4n) is 10.8. The third-order valence-corrected chi connectivity index (χ3v) is 13.8. The summed E-state index contributed by atoms with van der Waals surface area (Å²) in [5, 5.41) is 12.1. The van der Waals surface area contributed by atoms with Gasteiger partial charge in [0.2, 0.25) is 0 Å². The van der Waals surface area contributed by atoms with Crippen LogP contribution in [0.1, 0.15) is 52.0 Å². The van der Waals surface area contributed by atoms with E-state index in [1.165, 1.54) is 38.8 Å². The lowest BCUT2D eigenvalue weighted by Crippen LogP contribution is -2.58. The number of hydrogen-bond donors (Lipinski definition) is 2. The van der Waals surface area contributed by atoms with Crippen molar-refractivity contribution < 1.29 is 4.42 Å². The number of rotatable bonds is 6. The number of furan rings is 1. The average molecular weight is 823 g/mol. The summed E-state index contributed by atoms with van der Waals surface area (Å²) in [4.78, 5) is 5.30. The molecule has 64 heavy (non-hydrogen) atoms. The van der Waals surface area contributed by atoms with Gasteiger partial charge in [-0.1, -0.05) is 170 Å². The van der Waals surface area contributed by atoms with Crippen LogP contribution in [0.3, 0.4) is 0 Å². The van der Waals surface area contributed by atoms with E-state index in [0.29, 0.717) is 0 Å². The summed E-state index contributed by atoms with van der Waals surface area (Å²) in [5.74, 6) is 0.838. The van der Waals surface area contributed by atoms with Crippen molar-refractivity contribution in [3.05, 3.63) is 257 Å². The van der Waals surface area contributed by atoms with E-state index < -0.39 is 11.1 Å². The van der Waals surface area contributed by atoms with Gasteiger partial charge in [0.05, 0.1) is 16.4 Å². The van der Waals surface area contributed by atoms with Crippen LogP contribution in [0.5, 0.6) is 0 Å². The molecule has 2 unspecified atom stereocenters. The maximum Gasteiger partial charge on any atom is 0.136 e. The zero-order valence-corrected chi connectivity index (χ0v) is 35.2.